The van der Waals surface area contributed by atoms with Crippen molar-refractivity contribution in [3.63, 3.8) is 0 Å². The second-order valence-corrected chi connectivity index (χ2v) is 4.08. The topological polar surface area (TPSA) is 105 Å². The van der Waals surface area contributed by atoms with Crippen LogP contribution in [0.2, 0.25) is 0 Å². The van der Waals surface area contributed by atoms with Gasteiger partial charge in [-0.2, -0.15) is 0 Å². The molecule has 0 aliphatic rings. The van der Waals surface area contributed by atoms with Crippen LogP contribution in [0.3, 0.4) is 0 Å². The van der Waals surface area contributed by atoms with Gasteiger partial charge in [0.2, 0.25) is 0 Å². The first-order valence-electron chi connectivity index (χ1n) is 5.66. The fraction of sp³-hybridized carbons (Fsp3) is 0.333. The maximum absolute atomic E-state index is 9.99. The molecule has 0 amide bonds. The Labute approximate surface area is 104 Å². The number of nitrogens with zero attached hydrogens (tertiary/aromatic N) is 3. The van der Waals surface area contributed by atoms with Crippen molar-refractivity contribution < 1.29 is 10.2 Å². The van der Waals surface area contributed by atoms with Gasteiger partial charge in [0.1, 0.15) is 6.10 Å². The molecule has 0 fully saturated rings. The lowest BCUT2D eigenvalue weighted by atomic mass is 10.0. The van der Waals surface area contributed by atoms with E-state index in [0.717, 1.165) is 10.9 Å². The molecule has 0 saturated carbocycles. The first-order valence-corrected chi connectivity index (χ1v) is 5.66. The second kappa shape index (κ2) is 5.55. The molecule has 0 saturated heterocycles. The molecular formula is C12H14N4O2. The molecule has 0 aliphatic carbocycles. The molecule has 6 heteroatoms. The molecule has 0 spiro atoms. The Hall–Kier alpha value is -2.01. The number of fused-ring (bicyclic) bond motifs is 1. The number of hydrogen-bond donors (Lipinski definition) is 3. The molecule has 2 atom stereocenters. The minimum Gasteiger partial charge on any atom is -0.390 e. The molecule has 6 nitrogen and oxygen atoms in total. The van der Waals surface area contributed by atoms with Crippen molar-refractivity contribution in [2.75, 3.05) is 6.54 Å². The lowest BCUT2D eigenvalue weighted by molar-refractivity contribution is 0.0151. The van der Waals surface area contributed by atoms with Gasteiger partial charge < -0.3 is 15.2 Å². The highest BCUT2D eigenvalue weighted by molar-refractivity contribution is 5.79. The maximum Gasteiger partial charge on any atom is 0.105 e. The zero-order chi connectivity index (χ0) is 13.0. The van der Waals surface area contributed by atoms with Gasteiger partial charge in [0.05, 0.1) is 6.10 Å². The molecule has 2 rings (SSSR count). The van der Waals surface area contributed by atoms with Gasteiger partial charge in [-0.1, -0.05) is 17.2 Å². The predicted octanol–water partition coefficient (Wildman–Crippen LogP) is 2.26. The summed E-state index contributed by atoms with van der Waals surface area (Å²) in [6, 6.07) is 7.39. The first-order chi connectivity index (χ1) is 8.72. The number of azide groups is 1. The van der Waals surface area contributed by atoms with Crippen molar-refractivity contribution in [1.29, 1.82) is 0 Å². The SMILES string of the molecule is [N-]=[N+]=NCCC(O)C(O)c1ccc2cc[nH]c2c1. The van der Waals surface area contributed by atoms with E-state index in [0.29, 0.717) is 5.56 Å². The maximum atomic E-state index is 9.99. The van der Waals surface area contributed by atoms with Gasteiger partial charge in [0, 0.05) is 23.2 Å². The van der Waals surface area contributed by atoms with E-state index in [1.165, 1.54) is 0 Å². The summed E-state index contributed by atoms with van der Waals surface area (Å²) in [4.78, 5) is 5.65. The van der Waals surface area contributed by atoms with Crippen LogP contribution in [-0.2, 0) is 0 Å². The minimum absolute atomic E-state index is 0.166. The summed E-state index contributed by atoms with van der Waals surface area (Å²) in [6.07, 6.45) is 0.127. The molecule has 1 aromatic carbocycles. The van der Waals surface area contributed by atoms with Gasteiger partial charge in [-0.05, 0) is 35.0 Å². The first kappa shape index (κ1) is 12.4. The van der Waals surface area contributed by atoms with Crippen LogP contribution in [0.15, 0.2) is 35.6 Å². The van der Waals surface area contributed by atoms with E-state index < -0.39 is 12.2 Å². The molecule has 2 unspecified atom stereocenters. The largest absolute Gasteiger partial charge is 0.390 e. The Morgan fingerprint density at radius 3 is 2.94 bits per heavy atom. The molecule has 18 heavy (non-hydrogen) atoms. The van der Waals surface area contributed by atoms with Gasteiger partial charge in [0.25, 0.3) is 0 Å². The van der Waals surface area contributed by atoms with E-state index in [4.69, 9.17) is 5.53 Å². The van der Waals surface area contributed by atoms with Gasteiger partial charge in [0.15, 0.2) is 0 Å². The summed E-state index contributed by atoms with van der Waals surface area (Å²) in [7, 11) is 0. The molecule has 1 heterocycles. The lowest BCUT2D eigenvalue weighted by Crippen LogP contribution is -2.19. The third-order valence-corrected chi connectivity index (χ3v) is 2.87. The van der Waals surface area contributed by atoms with Crippen LogP contribution in [0, 0.1) is 0 Å². The molecule has 2 aromatic rings. The quantitative estimate of drug-likeness (QED) is 0.427. The van der Waals surface area contributed by atoms with E-state index in [-0.39, 0.29) is 13.0 Å². The predicted molar refractivity (Wildman–Crippen MR) is 67.9 cm³/mol. The monoisotopic (exact) mass is 246 g/mol. The van der Waals surface area contributed by atoms with Crippen LogP contribution in [-0.4, -0.2) is 27.8 Å². The smallest absolute Gasteiger partial charge is 0.105 e. The van der Waals surface area contributed by atoms with Crippen LogP contribution in [0.25, 0.3) is 21.3 Å². The third-order valence-electron chi connectivity index (χ3n) is 2.87. The van der Waals surface area contributed by atoms with Gasteiger partial charge in [-0.15, -0.1) is 0 Å². The van der Waals surface area contributed by atoms with Crippen LogP contribution >= 0.6 is 0 Å². The number of aromatic amines is 1. The summed E-state index contributed by atoms with van der Waals surface area (Å²) in [6.45, 7) is 0.166. The fourth-order valence-corrected chi connectivity index (χ4v) is 1.86. The number of aliphatic hydroxyl groups excluding tert-OH is 2. The van der Waals surface area contributed by atoms with Gasteiger partial charge in [-0.3, -0.25) is 0 Å². The van der Waals surface area contributed by atoms with Crippen LogP contribution in [0.4, 0.5) is 0 Å². The molecule has 3 N–H and O–H groups in total. The van der Waals surface area contributed by atoms with Crippen molar-refractivity contribution in [2.24, 2.45) is 5.11 Å². The number of nitrogens with one attached hydrogen (secondary N) is 1. The van der Waals surface area contributed by atoms with Crippen molar-refractivity contribution in [1.82, 2.24) is 4.98 Å². The molecule has 0 radical (unpaired) electrons. The van der Waals surface area contributed by atoms with Gasteiger partial charge in [-0.25, -0.2) is 0 Å². The van der Waals surface area contributed by atoms with E-state index in [1.807, 2.05) is 18.3 Å². The highest BCUT2D eigenvalue weighted by atomic mass is 16.3. The molecule has 0 bridgehead atoms. The summed E-state index contributed by atoms with van der Waals surface area (Å²) >= 11 is 0. The van der Waals surface area contributed by atoms with E-state index >= 15 is 0 Å². The number of hydrogen-bond acceptors (Lipinski definition) is 3. The van der Waals surface area contributed by atoms with E-state index in [1.54, 1.807) is 12.1 Å². The summed E-state index contributed by atoms with van der Waals surface area (Å²) < 4.78 is 0. The van der Waals surface area contributed by atoms with Crippen LogP contribution in [0.1, 0.15) is 18.1 Å². The average Bonchev–Trinajstić information content (AvgIpc) is 2.85. The molecule has 0 aliphatic heterocycles. The second-order valence-electron chi connectivity index (χ2n) is 4.08. The molecular weight excluding hydrogens is 232 g/mol. The average molecular weight is 246 g/mol. The number of aliphatic hydroxyl groups is 2. The van der Waals surface area contributed by atoms with Crippen LogP contribution in [0.5, 0.6) is 0 Å². The van der Waals surface area contributed by atoms with Crippen molar-refractivity contribution in [2.45, 2.75) is 18.6 Å². The van der Waals surface area contributed by atoms with Crippen molar-refractivity contribution in [3.8, 4) is 0 Å². The highest BCUT2D eigenvalue weighted by Crippen LogP contribution is 2.23. The number of H-pyrrole nitrogens is 1. The zero-order valence-corrected chi connectivity index (χ0v) is 9.69. The molecule has 1 aromatic heterocycles. The number of benzene rings is 1. The summed E-state index contributed by atoms with van der Waals surface area (Å²) in [5, 5.41) is 24.1. The summed E-state index contributed by atoms with van der Waals surface area (Å²) in [5.74, 6) is 0. The standard InChI is InChI=1S/C12H14N4O2/c13-16-15-6-4-11(17)12(18)9-2-1-8-3-5-14-10(8)7-9/h1-3,5,7,11-12,14,17-18H,4,6H2. The normalized spacial score (nSPS) is 14.1. The van der Waals surface area contributed by atoms with Crippen molar-refractivity contribution >= 4 is 10.9 Å². The fourth-order valence-electron chi connectivity index (χ4n) is 1.86. The minimum atomic E-state index is -0.980. The van der Waals surface area contributed by atoms with E-state index in [9.17, 15) is 10.2 Å². The Bertz CT molecular complexity index is 574. The molecule has 94 valence electrons. The van der Waals surface area contributed by atoms with Crippen LogP contribution < -0.4 is 0 Å². The van der Waals surface area contributed by atoms with Gasteiger partial charge >= 0.3 is 0 Å². The number of rotatable bonds is 5. The Balaban J connectivity index is 2.11. The Morgan fingerprint density at radius 2 is 2.17 bits per heavy atom. The third kappa shape index (κ3) is 2.62. The Morgan fingerprint density at radius 1 is 1.33 bits per heavy atom. The van der Waals surface area contributed by atoms with E-state index in [2.05, 4.69) is 15.0 Å². The highest BCUT2D eigenvalue weighted by Gasteiger charge is 2.18. The number of aromatic nitrogens is 1. The Kier molecular flexibility index (Phi) is 3.84. The van der Waals surface area contributed by atoms with Crippen molar-refractivity contribution in [3.05, 3.63) is 46.5 Å². The lowest BCUT2D eigenvalue weighted by Gasteiger charge is -2.17. The zero-order valence-electron chi connectivity index (χ0n) is 9.69. The summed E-state index contributed by atoms with van der Waals surface area (Å²) in [5.41, 5.74) is 9.69.